The lowest BCUT2D eigenvalue weighted by molar-refractivity contribution is -0.117. The van der Waals surface area contributed by atoms with Crippen molar-refractivity contribution in [2.24, 2.45) is 22.7 Å². The summed E-state index contributed by atoms with van der Waals surface area (Å²) in [4.78, 5) is 18.3. The van der Waals surface area contributed by atoms with Crippen molar-refractivity contribution in [2.75, 3.05) is 18.5 Å². The molecule has 6 nitrogen and oxygen atoms in total. The smallest absolute Gasteiger partial charge is 0.175 e. The Morgan fingerprint density at radius 1 is 1.12 bits per heavy atom. The molecule has 3 atom stereocenters. The van der Waals surface area contributed by atoms with Crippen LogP contribution in [0.5, 0.6) is 11.5 Å². The SMILES string of the molecule is CCCC1CC(=O)C2=C(C1)N=C(C)C(C#N)C2c1cc(Br)c(OCc2ccccc2NCC2CC2)c(OCC)c1. The number of ether oxygens (including phenoxy) is 2. The highest BCUT2D eigenvalue weighted by Gasteiger charge is 2.41. The predicted octanol–water partition coefficient (Wildman–Crippen LogP) is 7.98. The maximum atomic E-state index is 13.5. The molecule has 0 aromatic heterocycles. The fraction of sp³-hybridized carbons (Fsp3) is 0.485. The van der Waals surface area contributed by atoms with Crippen LogP contribution in [0.1, 0.15) is 76.3 Å². The Kier molecular flexibility index (Phi) is 8.95. The summed E-state index contributed by atoms with van der Waals surface area (Å²) < 4.78 is 13.2. The zero-order valence-electron chi connectivity index (χ0n) is 23.6. The van der Waals surface area contributed by atoms with E-state index in [0.717, 1.165) is 64.4 Å². The number of allylic oxidation sites excluding steroid dienone is 2. The van der Waals surface area contributed by atoms with Gasteiger partial charge < -0.3 is 14.8 Å². The van der Waals surface area contributed by atoms with Gasteiger partial charge in [-0.1, -0.05) is 31.5 Å². The number of rotatable bonds is 11. The molecule has 0 saturated heterocycles. The number of Topliss-reactive ketones (excluding diaryl/α,β-unsaturated/α-hetero) is 1. The Labute approximate surface area is 246 Å². The van der Waals surface area contributed by atoms with Crippen molar-refractivity contribution in [1.82, 2.24) is 0 Å². The second kappa shape index (κ2) is 12.6. The lowest BCUT2D eigenvalue weighted by atomic mass is 9.70. The number of aliphatic imine (C=N–C) groups is 1. The van der Waals surface area contributed by atoms with Gasteiger partial charge in [-0.25, -0.2) is 0 Å². The quantitative estimate of drug-likeness (QED) is 0.281. The number of para-hydroxylation sites is 1. The molecule has 7 heteroatoms. The van der Waals surface area contributed by atoms with E-state index in [1.165, 1.54) is 12.8 Å². The summed E-state index contributed by atoms with van der Waals surface area (Å²) in [7, 11) is 0. The standard InChI is InChI=1S/C33H38BrN3O3/c1-4-8-22-13-28-32(29(38)14-22)31(25(17-35)20(3)37-28)24-15-26(34)33(30(16-24)39-5-2)40-19-23-9-6-7-10-27(23)36-18-21-11-12-21/h6-7,9-10,15-16,21-22,25,31,36H,4-5,8,11-14,18-19H2,1-3H3. The number of nitrogens with zero attached hydrogens (tertiary/aromatic N) is 2. The van der Waals surface area contributed by atoms with Gasteiger partial charge in [0.25, 0.3) is 0 Å². The molecule has 1 aliphatic heterocycles. The van der Waals surface area contributed by atoms with E-state index in [0.29, 0.717) is 42.6 Å². The molecule has 0 spiro atoms. The van der Waals surface area contributed by atoms with Gasteiger partial charge in [-0.15, -0.1) is 0 Å². The van der Waals surface area contributed by atoms with Crippen LogP contribution in [0, 0.1) is 29.1 Å². The van der Waals surface area contributed by atoms with E-state index in [2.05, 4.69) is 46.4 Å². The van der Waals surface area contributed by atoms with Gasteiger partial charge in [0.1, 0.15) is 6.61 Å². The average Bonchev–Trinajstić information content (AvgIpc) is 3.76. The topological polar surface area (TPSA) is 83.7 Å². The molecule has 2 aromatic rings. The van der Waals surface area contributed by atoms with Crippen LogP contribution in [-0.2, 0) is 11.4 Å². The second-order valence-corrected chi connectivity index (χ2v) is 12.1. The molecule has 1 N–H and O–H groups in total. The lowest BCUT2D eigenvalue weighted by Gasteiger charge is -2.35. The van der Waals surface area contributed by atoms with Gasteiger partial charge in [0.15, 0.2) is 17.3 Å². The number of hydrogen-bond donors (Lipinski definition) is 1. The highest BCUT2D eigenvalue weighted by Crippen LogP contribution is 2.48. The Hall–Kier alpha value is -3.11. The first-order valence-corrected chi connectivity index (χ1v) is 15.3. The van der Waals surface area contributed by atoms with Crippen LogP contribution in [0.4, 0.5) is 5.69 Å². The molecule has 2 aromatic carbocycles. The van der Waals surface area contributed by atoms with Crippen LogP contribution in [-0.4, -0.2) is 24.6 Å². The van der Waals surface area contributed by atoms with Crippen LogP contribution in [0.15, 0.2) is 57.1 Å². The first kappa shape index (κ1) is 28.4. The Bertz CT molecular complexity index is 1370. The Morgan fingerprint density at radius 2 is 1.93 bits per heavy atom. The van der Waals surface area contributed by atoms with Gasteiger partial charge >= 0.3 is 0 Å². The zero-order valence-corrected chi connectivity index (χ0v) is 25.2. The molecule has 40 heavy (non-hydrogen) atoms. The maximum absolute atomic E-state index is 13.5. The number of halogens is 1. The van der Waals surface area contributed by atoms with Crippen molar-refractivity contribution in [3.8, 4) is 17.6 Å². The van der Waals surface area contributed by atoms with Crippen molar-refractivity contribution < 1.29 is 14.3 Å². The van der Waals surface area contributed by atoms with Crippen LogP contribution >= 0.6 is 15.9 Å². The minimum absolute atomic E-state index is 0.117. The molecule has 0 bridgehead atoms. The third-order valence-electron chi connectivity index (χ3n) is 8.17. The number of carbonyl (C=O) groups is 1. The largest absolute Gasteiger partial charge is 0.490 e. The molecule has 210 valence electrons. The summed E-state index contributed by atoms with van der Waals surface area (Å²) in [6.07, 6.45) is 5.95. The number of carbonyl (C=O) groups excluding carboxylic acids is 1. The highest BCUT2D eigenvalue weighted by molar-refractivity contribution is 9.10. The van der Waals surface area contributed by atoms with Crippen molar-refractivity contribution in [2.45, 2.75) is 71.8 Å². The molecule has 5 rings (SSSR count). The predicted molar refractivity (Wildman–Crippen MR) is 162 cm³/mol. The second-order valence-electron chi connectivity index (χ2n) is 11.2. The van der Waals surface area contributed by atoms with E-state index in [1.54, 1.807) is 0 Å². The number of hydrogen-bond acceptors (Lipinski definition) is 6. The first-order chi connectivity index (χ1) is 19.4. The number of benzene rings is 2. The summed E-state index contributed by atoms with van der Waals surface area (Å²) in [5.41, 5.74) is 5.35. The molecular weight excluding hydrogens is 566 g/mol. The maximum Gasteiger partial charge on any atom is 0.175 e. The van der Waals surface area contributed by atoms with E-state index >= 15 is 0 Å². The monoisotopic (exact) mass is 603 g/mol. The number of ketones is 1. The molecule has 1 heterocycles. The van der Waals surface area contributed by atoms with Crippen molar-refractivity contribution in [1.29, 1.82) is 5.26 Å². The van der Waals surface area contributed by atoms with Gasteiger partial charge in [-0.3, -0.25) is 9.79 Å². The van der Waals surface area contributed by atoms with Crippen LogP contribution in [0.25, 0.3) is 0 Å². The fourth-order valence-corrected chi connectivity index (χ4v) is 6.57. The summed E-state index contributed by atoms with van der Waals surface area (Å²) >= 11 is 3.74. The van der Waals surface area contributed by atoms with Crippen molar-refractivity contribution in [3.05, 3.63) is 63.3 Å². The van der Waals surface area contributed by atoms with E-state index in [4.69, 9.17) is 14.5 Å². The van der Waals surface area contributed by atoms with Crippen LogP contribution < -0.4 is 14.8 Å². The van der Waals surface area contributed by atoms with Gasteiger partial charge in [-0.2, -0.15) is 5.26 Å². The average molecular weight is 605 g/mol. The molecule has 3 unspecified atom stereocenters. The first-order valence-electron chi connectivity index (χ1n) is 14.5. The Morgan fingerprint density at radius 3 is 2.65 bits per heavy atom. The summed E-state index contributed by atoms with van der Waals surface area (Å²) in [5.74, 6) is 1.52. The summed E-state index contributed by atoms with van der Waals surface area (Å²) in [6, 6.07) is 14.6. The van der Waals surface area contributed by atoms with E-state index in [-0.39, 0.29) is 11.7 Å². The highest BCUT2D eigenvalue weighted by atomic mass is 79.9. The van der Waals surface area contributed by atoms with E-state index in [1.807, 2.05) is 38.1 Å². The minimum atomic E-state index is -0.511. The van der Waals surface area contributed by atoms with Crippen LogP contribution in [0.3, 0.4) is 0 Å². The van der Waals surface area contributed by atoms with E-state index < -0.39 is 5.92 Å². The third kappa shape index (κ3) is 6.12. The molecule has 3 aliphatic rings. The molecule has 0 amide bonds. The third-order valence-corrected chi connectivity index (χ3v) is 8.76. The van der Waals surface area contributed by atoms with Gasteiger partial charge in [0, 0.05) is 47.1 Å². The normalized spacial score (nSPS) is 22.3. The Balaban J connectivity index is 1.46. The number of anilines is 1. The van der Waals surface area contributed by atoms with E-state index in [9.17, 15) is 10.1 Å². The van der Waals surface area contributed by atoms with Gasteiger partial charge in [0.05, 0.1) is 23.1 Å². The molecule has 2 aliphatic carbocycles. The summed E-state index contributed by atoms with van der Waals surface area (Å²) in [5, 5.41) is 13.8. The summed E-state index contributed by atoms with van der Waals surface area (Å²) in [6.45, 7) is 7.83. The molecule has 1 fully saturated rings. The van der Waals surface area contributed by atoms with Crippen molar-refractivity contribution in [3.63, 3.8) is 0 Å². The van der Waals surface area contributed by atoms with Crippen LogP contribution in [0.2, 0.25) is 0 Å². The molecule has 0 radical (unpaired) electrons. The zero-order chi connectivity index (χ0) is 28.2. The van der Waals surface area contributed by atoms with Gasteiger partial charge in [-0.05, 0) is 91.1 Å². The van der Waals surface area contributed by atoms with Crippen molar-refractivity contribution >= 4 is 33.1 Å². The minimum Gasteiger partial charge on any atom is -0.490 e. The number of nitrogens with one attached hydrogen (secondary N) is 1. The molecule has 1 saturated carbocycles. The van der Waals surface area contributed by atoms with Gasteiger partial charge in [0.2, 0.25) is 0 Å². The number of nitriles is 1. The fourth-order valence-electron chi connectivity index (χ4n) is 5.99. The lowest BCUT2D eigenvalue weighted by Crippen LogP contribution is -2.32. The molecular formula is C33H38BrN3O3.